The molecular formula is C16H19N3O. The first-order chi connectivity index (χ1) is 9.61. The number of aryl methyl sites for hydroxylation is 1. The van der Waals surface area contributed by atoms with Crippen LogP contribution in [0.4, 0.5) is 5.69 Å². The molecule has 0 aliphatic rings. The standard InChI is InChI=1S/C16H19N3O/c1-12-6-5-8-14(10-12)19(2)11-13-7-3-4-9-15(13)16(17)18-20/h3-10,20H,11H2,1-2H3,(H2,17,18). The summed E-state index contributed by atoms with van der Waals surface area (Å²) in [5.41, 5.74) is 9.85. The smallest absolute Gasteiger partial charge is 0.170 e. The number of hydrogen-bond donors (Lipinski definition) is 2. The molecule has 0 fully saturated rings. The highest BCUT2D eigenvalue weighted by molar-refractivity contribution is 5.98. The van der Waals surface area contributed by atoms with Crippen LogP contribution in [0.3, 0.4) is 0 Å². The summed E-state index contributed by atoms with van der Waals surface area (Å²) in [5.74, 6) is 0.137. The average molecular weight is 269 g/mol. The molecule has 4 heteroatoms. The third kappa shape index (κ3) is 3.09. The van der Waals surface area contributed by atoms with Gasteiger partial charge in [0.1, 0.15) is 0 Å². The van der Waals surface area contributed by atoms with Gasteiger partial charge in [0.05, 0.1) is 0 Å². The van der Waals surface area contributed by atoms with E-state index in [4.69, 9.17) is 10.9 Å². The summed E-state index contributed by atoms with van der Waals surface area (Å²) in [6.07, 6.45) is 0. The summed E-state index contributed by atoms with van der Waals surface area (Å²) in [5, 5.41) is 11.9. The number of nitrogens with zero attached hydrogens (tertiary/aromatic N) is 2. The van der Waals surface area contributed by atoms with E-state index in [1.807, 2.05) is 37.4 Å². The number of anilines is 1. The van der Waals surface area contributed by atoms with Gasteiger partial charge in [-0.3, -0.25) is 0 Å². The van der Waals surface area contributed by atoms with Crippen LogP contribution >= 0.6 is 0 Å². The van der Waals surface area contributed by atoms with Crippen LogP contribution in [0.1, 0.15) is 16.7 Å². The number of oxime groups is 1. The van der Waals surface area contributed by atoms with Gasteiger partial charge < -0.3 is 15.8 Å². The Bertz CT molecular complexity index is 623. The lowest BCUT2D eigenvalue weighted by Crippen LogP contribution is -2.21. The first-order valence-corrected chi connectivity index (χ1v) is 6.45. The number of nitrogens with two attached hydrogens (primary N) is 1. The molecule has 2 aromatic rings. The molecule has 0 aliphatic carbocycles. The largest absolute Gasteiger partial charge is 0.409 e. The Morgan fingerprint density at radius 3 is 2.65 bits per heavy atom. The van der Waals surface area contributed by atoms with Gasteiger partial charge in [0.15, 0.2) is 5.84 Å². The maximum Gasteiger partial charge on any atom is 0.170 e. The molecule has 0 bridgehead atoms. The van der Waals surface area contributed by atoms with E-state index < -0.39 is 0 Å². The van der Waals surface area contributed by atoms with Gasteiger partial charge in [-0.25, -0.2) is 0 Å². The third-order valence-electron chi connectivity index (χ3n) is 3.25. The lowest BCUT2D eigenvalue weighted by atomic mass is 10.1. The zero-order valence-electron chi connectivity index (χ0n) is 11.7. The number of rotatable bonds is 4. The van der Waals surface area contributed by atoms with Gasteiger partial charge in [0, 0.05) is 24.8 Å². The first-order valence-electron chi connectivity index (χ1n) is 6.45. The van der Waals surface area contributed by atoms with E-state index in [9.17, 15) is 0 Å². The summed E-state index contributed by atoms with van der Waals surface area (Å²) in [6, 6.07) is 16.0. The predicted octanol–water partition coefficient (Wildman–Crippen LogP) is 2.73. The van der Waals surface area contributed by atoms with E-state index in [1.165, 1.54) is 5.56 Å². The highest BCUT2D eigenvalue weighted by Gasteiger charge is 2.09. The summed E-state index contributed by atoms with van der Waals surface area (Å²) < 4.78 is 0. The SMILES string of the molecule is Cc1cccc(N(C)Cc2ccccc2C(N)=NO)c1. The van der Waals surface area contributed by atoms with Crippen molar-refractivity contribution in [3.63, 3.8) is 0 Å². The van der Waals surface area contributed by atoms with Crippen molar-refractivity contribution in [1.82, 2.24) is 0 Å². The minimum absolute atomic E-state index is 0.137. The van der Waals surface area contributed by atoms with Gasteiger partial charge in [-0.2, -0.15) is 0 Å². The fourth-order valence-corrected chi connectivity index (χ4v) is 2.17. The molecule has 0 saturated heterocycles. The zero-order valence-corrected chi connectivity index (χ0v) is 11.7. The quantitative estimate of drug-likeness (QED) is 0.388. The Balaban J connectivity index is 2.26. The van der Waals surface area contributed by atoms with Gasteiger partial charge in [0.2, 0.25) is 0 Å². The van der Waals surface area contributed by atoms with Crippen molar-refractivity contribution in [2.75, 3.05) is 11.9 Å². The minimum atomic E-state index is 0.137. The Labute approximate surface area is 119 Å². The fourth-order valence-electron chi connectivity index (χ4n) is 2.17. The molecule has 0 unspecified atom stereocenters. The van der Waals surface area contributed by atoms with Crippen molar-refractivity contribution in [2.45, 2.75) is 13.5 Å². The van der Waals surface area contributed by atoms with E-state index in [2.05, 4.69) is 35.2 Å². The van der Waals surface area contributed by atoms with Gasteiger partial charge in [-0.15, -0.1) is 0 Å². The van der Waals surface area contributed by atoms with Crippen molar-refractivity contribution in [1.29, 1.82) is 0 Å². The van der Waals surface area contributed by atoms with E-state index in [1.54, 1.807) is 0 Å². The first kappa shape index (κ1) is 13.9. The van der Waals surface area contributed by atoms with Crippen LogP contribution in [0.15, 0.2) is 53.7 Å². The van der Waals surface area contributed by atoms with Crippen LogP contribution in [-0.2, 0) is 6.54 Å². The molecule has 104 valence electrons. The molecule has 0 saturated carbocycles. The normalized spacial score (nSPS) is 11.4. The third-order valence-corrected chi connectivity index (χ3v) is 3.25. The maximum absolute atomic E-state index is 8.85. The zero-order chi connectivity index (χ0) is 14.5. The number of hydrogen-bond acceptors (Lipinski definition) is 3. The summed E-state index contributed by atoms with van der Waals surface area (Å²) >= 11 is 0. The molecule has 0 radical (unpaired) electrons. The molecule has 4 nitrogen and oxygen atoms in total. The molecular weight excluding hydrogens is 250 g/mol. The molecule has 20 heavy (non-hydrogen) atoms. The van der Waals surface area contributed by atoms with Crippen molar-refractivity contribution in [3.05, 3.63) is 65.2 Å². The lowest BCUT2D eigenvalue weighted by molar-refractivity contribution is 0.318. The van der Waals surface area contributed by atoms with Crippen molar-refractivity contribution >= 4 is 11.5 Å². The summed E-state index contributed by atoms with van der Waals surface area (Å²) in [6.45, 7) is 2.76. The van der Waals surface area contributed by atoms with E-state index in [0.717, 1.165) is 16.8 Å². The molecule has 0 spiro atoms. The van der Waals surface area contributed by atoms with E-state index in [0.29, 0.717) is 6.54 Å². The summed E-state index contributed by atoms with van der Waals surface area (Å²) in [7, 11) is 2.03. The number of amidine groups is 1. The van der Waals surface area contributed by atoms with E-state index >= 15 is 0 Å². The van der Waals surface area contributed by atoms with Crippen molar-refractivity contribution in [2.24, 2.45) is 10.9 Å². The van der Waals surface area contributed by atoms with Crippen LogP contribution < -0.4 is 10.6 Å². The predicted molar refractivity (Wildman–Crippen MR) is 82.2 cm³/mol. The lowest BCUT2D eigenvalue weighted by Gasteiger charge is -2.21. The fraction of sp³-hybridized carbons (Fsp3) is 0.188. The van der Waals surface area contributed by atoms with Crippen molar-refractivity contribution in [3.8, 4) is 0 Å². The molecule has 3 N–H and O–H groups in total. The molecule has 0 aromatic heterocycles. The van der Waals surface area contributed by atoms with Crippen LogP contribution in [0.5, 0.6) is 0 Å². The molecule has 2 aromatic carbocycles. The Kier molecular flexibility index (Phi) is 4.25. The van der Waals surface area contributed by atoms with Crippen LogP contribution in [0, 0.1) is 6.92 Å². The van der Waals surface area contributed by atoms with Crippen molar-refractivity contribution < 1.29 is 5.21 Å². The second kappa shape index (κ2) is 6.10. The minimum Gasteiger partial charge on any atom is -0.409 e. The highest BCUT2D eigenvalue weighted by atomic mass is 16.4. The Hall–Kier alpha value is -2.49. The molecule has 2 rings (SSSR count). The van der Waals surface area contributed by atoms with Gasteiger partial charge in [-0.05, 0) is 30.2 Å². The molecule has 0 atom stereocenters. The molecule has 0 amide bonds. The Morgan fingerprint density at radius 1 is 1.20 bits per heavy atom. The number of benzene rings is 2. The van der Waals surface area contributed by atoms with Gasteiger partial charge >= 0.3 is 0 Å². The van der Waals surface area contributed by atoms with Crippen LogP contribution in [-0.4, -0.2) is 18.1 Å². The van der Waals surface area contributed by atoms with Gasteiger partial charge in [0.25, 0.3) is 0 Å². The monoisotopic (exact) mass is 269 g/mol. The topological polar surface area (TPSA) is 61.8 Å². The Morgan fingerprint density at radius 2 is 1.95 bits per heavy atom. The molecule has 0 heterocycles. The van der Waals surface area contributed by atoms with Crippen LogP contribution in [0.2, 0.25) is 0 Å². The molecule has 0 aliphatic heterocycles. The second-order valence-electron chi connectivity index (χ2n) is 4.84. The van der Waals surface area contributed by atoms with Crippen LogP contribution in [0.25, 0.3) is 0 Å². The summed E-state index contributed by atoms with van der Waals surface area (Å²) in [4.78, 5) is 2.14. The highest BCUT2D eigenvalue weighted by Crippen LogP contribution is 2.18. The van der Waals surface area contributed by atoms with E-state index in [-0.39, 0.29) is 5.84 Å². The maximum atomic E-state index is 8.85. The second-order valence-corrected chi connectivity index (χ2v) is 4.84. The van der Waals surface area contributed by atoms with Gasteiger partial charge in [-0.1, -0.05) is 41.6 Å². The average Bonchev–Trinajstić information content (AvgIpc) is 2.47.